The molecule has 0 aromatic carbocycles. The van der Waals surface area contributed by atoms with Crippen LogP contribution in [0.3, 0.4) is 0 Å². The average molecular weight is 404 g/mol. The average Bonchev–Trinajstić information content (AvgIpc) is 3.05. The van der Waals surface area contributed by atoms with Gasteiger partial charge in [-0.2, -0.15) is 0 Å². The number of aliphatic imine (C=N–C) groups is 1. The van der Waals surface area contributed by atoms with Gasteiger partial charge < -0.3 is 14.8 Å². The molecule has 6 nitrogen and oxygen atoms in total. The minimum absolute atomic E-state index is 0. The molecular weight excluding hydrogens is 379 g/mol. The maximum absolute atomic E-state index is 4.42. The summed E-state index contributed by atoms with van der Waals surface area (Å²) in [6.07, 6.45) is 7.28. The molecule has 1 saturated heterocycles. The fraction of sp³-hybridized carbons (Fsp3) is 0.786. The lowest BCUT2D eigenvalue weighted by atomic mass is 9.68. The van der Waals surface area contributed by atoms with E-state index in [-0.39, 0.29) is 24.0 Å². The second-order valence-corrected chi connectivity index (χ2v) is 5.96. The van der Waals surface area contributed by atoms with Crippen molar-refractivity contribution in [3.63, 3.8) is 0 Å². The Morgan fingerprint density at radius 3 is 2.81 bits per heavy atom. The van der Waals surface area contributed by atoms with Gasteiger partial charge in [-0.25, -0.2) is 0 Å². The van der Waals surface area contributed by atoms with E-state index in [0.717, 1.165) is 31.4 Å². The Morgan fingerprint density at radius 2 is 2.24 bits per heavy atom. The Bertz CT molecular complexity index is 493. The molecule has 118 valence electrons. The summed E-state index contributed by atoms with van der Waals surface area (Å²) in [6.45, 7) is 5.97. The lowest BCUT2D eigenvalue weighted by Crippen LogP contribution is -2.42. The van der Waals surface area contributed by atoms with Gasteiger partial charge in [0.05, 0.1) is 6.54 Å². The zero-order chi connectivity index (χ0) is 14.0. The standard InChI is InChI=1S/C14H24N6.HI/c1-3-19-11-17-18-12(19)9-16-13(15-2)20-8-7-14(10-20)5-4-6-14;/h11H,3-10H2,1-2H3,(H,15,16);1H. The zero-order valence-corrected chi connectivity index (χ0v) is 15.2. The monoisotopic (exact) mass is 404 g/mol. The Labute approximate surface area is 143 Å². The number of aryl methyl sites for hydroxylation is 1. The van der Waals surface area contributed by atoms with Crippen molar-refractivity contribution in [2.24, 2.45) is 10.4 Å². The van der Waals surface area contributed by atoms with E-state index in [1.807, 2.05) is 7.05 Å². The van der Waals surface area contributed by atoms with E-state index >= 15 is 0 Å². The number of hydrogen-bond acceptors (Lipinski definition) is 3. The molecule has 2 fully saturated rings. The molecule has 0 amide bonds. The van der Waals surface area contributed by atoms with Gasteiger partial charge in [0.2, 0.25) is 0 Å². The molecule has 1 aliphatic carbocycles. The summed E-state index contributed by atoms with van der Waals surface area (Å²) in [5.41, 5.74) is 0.598. The number of likely N-dealkylation sites (tertiary alicyclic amines) is 1. The Kier molecular flexibility index (Phi) is 5.45. The summed E-state index contributed by atoms with van der Waals surface area (Å²) in [5, 5.41) is 11.5. The van der Waals surface area contributed by atoms with Gasteiger partial charge in [0, 0.05) is 26.7 Å². The highest BCUT2D eigenvalue weighted by molar-refractivity contribution is 14.0. The Balaban J connectivity index is 0.00000161. The summed E-state index contributed by atoms with van der Waals surface area (Å²) in [5.74, 6) is 1.96. The summed E-state index contributed by atoms with van der Waals surface area (Å²) < 4.78 is 2.05. The van der Waals surface area contributed by atoms with Crippen LogP contribution in [0.5, 0.6) is 0 Å². The summed E-state index contributed by atoms with van der Waals surface area (Å²) in [7, 11) is 1.86. The van der Waals surface area contributed by atoms with Crippen LogP contribution >= 0.6 is 24.0 Å². The molecule has 1 aromatic heterocycles. The van der Waals surface area contributed by atoms with E-state index in [1.165, 1.54) is 25.7 Å². The van der Waals surface area contributed by atoms with Crippen molar-refractivity contribution in [3.8, 4) is 0 Å². The van der Waals surface area contributed by atoms with Crippen molar-refractivity contribution in [3.05, 3.63) is 12.2 Å². The molecule has 7 heteroatoms. The predicted octanol–water partition coefficient (Wildman–Crippen LogP) is 1.87. The van der Waals surface area contributed by atoms with Crippen LogP contribution in [0.25, 0.3) is 0 Å². The van der Waals surface area contributed by atoms with Crippen LogP contribution in [-0.2, 0) is 13.1 Å². The third-order valence-electron chi connectivity index (χ3n) is 4.80. The SMILES string of the molecule is CCn1cnnc1CNC(=NC)N1CCC2(CCC2)C1.I. The lowest BCUT2D eigenvalue weighted by Gasteiger charge is -2.38. The summed E-state index contributed by atoms with van der Waals surface area (Å²) >= 11 is 0. The van der Waals surface area contributed by atoms with Crippen molar-refractivity contribution in [2.75, 3.05) is 20.1 Å². The van der Waals surface area contributed by atoms with E-state index in [9.17, 15) is 0 Å². The molecule has 21 heavy (non-hydrogen) atoms. The fourth-order valence-electron chi connectivity index (χ4n) is 3.37. The molecule has 0 radical (unpaired) electrons. The molecule has 1 aliphatic heterocycles. The first-order valence-electron chi connectivity index (χ1n) is 7.59. The topological polar surface area (TPSA) is 58.3 Å². The molecule has 2 heterocycles. The number of aromatic nitrogens is 3. The van der Waals surface area contributed by atoms with Crippen LogP contribution in [0.1, 0.15) is 38.4 Å². The minimum Gasteiger partial charge on any atom is -0.349 e. The predicted molar refractivity (Wildman–Crippen MR) is 93.8 cm³/mol. The molecule has 1 N–H and O–H groups in total. The van der Waals surface area contributed by atoms with Gasteiger partial charge in [-0.15, -0.1) is 34.2 Å². The van der Waals surface area contributed by atoms with Crippen molar-refractivity contribution in [2.45, 2.75) is 45.7 Å². The smallest absolute Gasteiger partial charge is 0.194 e. The van der Waals surface area contributed by atoms with Crippen molar-refractivity contribution in [1.82, 2.24) is 25.0 Å². The second kappa shape index (κ2) is 6.93. The van der Waals surface area contributed by atoms with Crippen LogP contribution in [0.15, 0.2) is 11.3 Å². The molecule has 0 atom stereocenters. The van der Waals surface area contributed by atoms with Crippen LogP contribution in [0.2, 0.25) is 0 Å². The van der Waals surface area contributed by atoms with Gasteiger partial charge in [-0.05, 0) is 31.6 Å². The third kappa shape index (κ3) is 3.32. The fourth-order valence-corrected chi connectivity index (χ4v) is 3.37. The first kappa shape index (κ1) is 16.5. The maximum atomic E-state index is 4.42. The van der Waals surface area contributed by atoms with Crippen molar-refractivity contribution in [1.29, 1.82) is 0 Å². The van der Waals surface area contributed by atoms with Gasteiger partial charge in [-0.1, -0.05) is 6.42 Å². The van der Waals surface area contributed by atoms with Crippen molar-refractivity contribution < 1.29 is 0 Å². The molecule has 0 bridgehead atoms. The third-order valence-corrected chi connectivity index (χ3v) is 4.80. The van der Waals surface area contributed by atoms with Crippen LogP contribution in [0.4, 0.5) is 0 Å². The van der Waals surface area contributed by atoms with E-state index < -0.39 is 0 Å². The number of hydrogen-bond donors (Lipinski definition) is 1. The number of rotatable bonds is 3. The van der Waals surface area contributed by atoms with E-state index in [2.05, 4.69) is 36.9 Å². The molecule has 2 aliphatic rings. The molecule has 1 saturated carbocycles. The highest BCUT2D eigenvalue weighted by Gasteiger charge is 2.43. The molecule has 1 aromatic rings. The Morgan fingerprint density at radius 1 is 1.43 bits per heavy atom. The van der Waals surface area contributed by atoms with Gasteiger partial charge in [-0.3, -0.25) is 4.99 Å². The highest BCUT2D eigenvalue weighted by Crippen LogP contribution is 2.47. The van der Waals surface area contributed by atoms with Crippen molar-refractivity contribution >= 4 is 29.9 Å². The lowest BCUT2D eigenvalue weighted by molar-refractivity contribution is 0.151. The molecule has 1 spiro atoms. The first-order valence-corrected chi connectivity index (χ1v) is 7.59. The van der Waals surface area contributed by atoms with Crippen LogP contribution in [0, 0.1) is 5.41 Å². The summed E-state index contributed by atoms with van der Waals surface area (Å²) in [4.78, 5) is 6.82. The van der Waals surface area contributed by atoms with Gasteiger partial charge >= 0.3 is 0 Å². The van der Waals surface area contributed by atoms with E-state index in [4.69, 9.17) is 0 Å². The number of guanidine groups is 1. The largest absolute Gasteiger partial charge is 0.349 e. The van der Waals surface area contributed by atoms with Gasteiger partial charge in [0.25, 0.3) is 0 Å². The quantitative estimate of drug-likeness (QED) is 0.475. The van der Waals surface area contributed by atoms with Crippen LogP contribution in [-0.4, -0.2) is 45.8 Å². The summed E-state index contributed by atoms with van der Waals surface area (Å²) in [6, 6.07) is 0. The second-order valence-electron chi connectivity index (χ2n) is 5.96. The Hall–Kier alpha value is -0.860. The van der Waals surface area contributed by atoms with E-state index in [0.29, 0.717) is 12.0 Å². The van der Waals surface area contributed by atoms with E-state index in [1.54, 1.807) is 6.33 Å². The minimum atomic E-state index is 0. The molecular formula is C14H25IN6. The highest BCUT2D eigenvalue weighted by atomic mass is 127. The number of nitrogens with one attached hydrogen (secondary N) is 1. The molecule has 3 rings (SSSR count). The number of nitrogens with zero attached hydrogens (tertiary/aromatic N) is 5. The van der Waals surface area contributed by atoms with Crippen LogP contribution < -0.4 is 5.32 Å². The maximum Gasteiger partial charge on any atom is 0.194 e. The zero-order valence-electron chi connectivity index (χ0n) is 12.9. The molecule has 0 unspecified atom stereocenters. The normalized spacial score (nSPS) is 20.3. The van der Waals surface area contributed by atoms with Gasteiger partial charge in [0.1, 0.15) is 6.33 Å². The number of halogens is 1. The van der Waals surface area contributed by atoms with Gasteiger partial charge in [0.15, 0.2) is 11.8 Å². The first-order chi connectivity index (χ1) is 9.76.